The number of nitrogens with one attached hydrogen (secondary N) is 1. The van der Waals surface area contributed by atoms with Gasteiger partial charge in [-0.1, -0.05) is 37.8 Å². The first-order valence-electron chi connectivity index (χ1n) is 14.4. The van der Waals surface area contributed by atoms with Crippen molar-refractivity contribution in [2.45, 2.75) is 101 Å². The largest absolute Gasteiger partial charge is 0.480 e. The molecular weight excluding hydrogens is 484 g/mol. The van der Waals surface area contributed by atoms with Crippen LogP contribution >= 0.6 is 0 Å². The van der Waals surface area contributed by atoms with Crippen LogP contribution in [0.2, 0.25) is 0 Å². The number of benzene rings is 1. The number of carboxylic acid groups (broad SMARTS) is 1. The van der Waals surface area contributed by atoms with Gasteiger partial charge < -0.3 is 10.4 Å². The molecule has 3 heterocycles. The zero-order valence-electron chi connectivity index (χ0n) is 21.9. The normalized spacial score (nSPS) is 31.2. The van der Waals surface area contributed by atoms with Crippen LogP contribution in [0.3, 0.4) is 0 Å². The van der Waals surface area contributed by atoms with Gasteiger partial charge in [0.2, 0.25) is 5.91 Å². The summed E-state index contributed by atoms with van der Waals surface area (Å²) < 4.78 is 2.74. The molecule has 0 radical (unpaired) electrons. The minimum Gasteiger partial charge on any atom is -0.480 e. The van der Waals surface area contributed by atoms with E-state index in [0.29, 0.717) is 29.0 Å². The molecule has 4 bridgehead atoms. The molecule has 2 saturated heterocycles. The van der Waals surface area contributed by atoms with Gasteiger partial charge in [-0.05, 0) is 68.9 Å². The number of amides is 1. The van der Waals surface area contributed by atoms with Crippen molar-refractivity contribution in [2.75, 3.05) is 6.54 Å². The van der Waals surface area contributed by atoms with Gasteiger partial charge in [0.25, 0.3) is 5.56 Å². The molecule has 1 amide bonds. The van der Waals surface area contributed by atoms with Gasteiger partial charge in [0.15, 0.2) is 0 Å². The summed E-state index contributed by atoms with van der Waals surface area (Å²) in [5.74, 6) is -0.0122. The maximum atomic E-state index is 13.8. The van der Waals surface area contributed by atoms with E-state index < -0.39 is 24.1 Å². The van der Waals surface area contributed by atoms with Crippen LogP contribution in [0, 0.1) is 11.8 Å². The second-order valence-corrected chi connectivity index (χ2v) is 12.1. The Hall–Kier alpha value is -2.94. The van der Waals surface area contributed by atoms with Crippen molar-refractivity contribution in [3.8, 4) is 0 Å². The van der Waals surface area contributed by atoms with Crippen LogP contribution in [-0.2, 0) is 16.1 Å². The van der Waals surface area contributed by atoms with E-state index in [2.05, 4.69) is 10.2 Å². The van der Waals surface area contributed by atoms with E-state index >= 15 is 0 Å². The molecule has 6 atom stereocenters. The van der Waals surface area contributed by atoms with Gasteiger partial charge in [-0.15, -0.1) is 0 Å². The van der Waals surface area contributed by atoms with Gasteiger partial charge in [0.1, 0.15) is 13.1 Å². The second kappa shape index (κ2) is 10.3. The summed E-state index contributed by atoms with van der Waals surface area (Å²) in [6, 6.07) is 8.05. The maximum Gasteiger partial charge on any atom is 0.332 e. The molecule has 0 spiro atoms. The lowest BCUT2D eigenvalue weighted by atomic mass is 9.68. The van der Waals surface area contributed by atoms with Crippen molar-refractivity contribution in [2.24, 2.45) is 11.8 Å². The highest BCUT2D eigenvalue weighted by Gasteiger charge is 2.45. The Morgan fingerprint density at radius 1 is 0.842 bits per heavy atom. The van der Waals surface area contributed by atoms with E-state index in [1.165, 1.54) is 54.1 Å². The summed E-state index contributed by atoms with van der Waals surface area (Å²) in [5.41, 5.74) is -0.380. The molecule has 2 saturated carbocycles. The van der Waals surface area contributed by atoms with Gasteiger partial charge >= 0.3 is 11.7 Å². The Kier molecular flexibility index (Phi) is 6.88. The smallest absolute Gasteiger partial charge is 0.332 e. The van der Waals surface area contributed by atoms with E-state index in [9.17, 15) is 19.2 Å². The van der Waals surface area contributed by atoms with Crippen molar-refractivity contribution in [3.05, 3.63) is 45.1 Å². The predicted molar refractivity (Wildman–Crippen MR) is 143 cm³/mol. The average molecular weight is 523 g/mol. The molecule has 2 aromatic rings. The Bertz CT molecular complexity index is 1320. The molecule has 2 N–H and O–H groups in total. The zero-order valence-corrected chi connectivity index (χ0v) is 21.9. The third-order valence-corrected chi connectivity index (χ3v) is 9.71. The molecule has 9 heteroatoms. The summed E-state index contributed by atoms with van der Waals surface area (Å²) in [7, 11) is 0. The summed E-state index contributed by atoms with van der Waals surface area (Å²) in [5, 5.41) is 11.7. The van der Waals surface area contributed by atoms with Crippen LogP contribution in [-0.4, -0.2) is 55.7 Å². The van der Waals surface area contributed by atoms with Gasteiger partial charge in [-0.3, -0.25) is 28.4 Å². The minimum absolute atomic E-state index is 0.206. The number of fused-ring (bicyclic) bond motifs is 5. The molecule has 4 fully saturated rings. The number of para-hydroxylation sites is 1. The van der Waals surface area contributed by atoms with E-state index in [1.807, 2.05) is 0 Å². The van der Waals surface area contributed by atoms with Crippen molar-refractivity contribution >= 4 is 22.8 Å². The molecule has 38 heavy (non-hydrogen) atoms. The molecule has 6 rings (SSSR count). The van der Waals surface area contributed by atoms with Crippen LogP contribution in [0.5, 0.6) is 0 Å². The fourth-order valence-electron chi connectivity index (χ4n) is 8.32. The highest BCUT2D eigenvalue weighted by atomic mass is 16.4. The summed E-state index contributed by atoms with van der Waals surface area (Å²) in [6.45, 7) is -0.848. The predicted octanol–water partition coefficient (Wildman–Crippen LogP) is 2.89. The Labute approximate surface area is 221 Å². The number of hydrogen-bond acceptors (Lipinski definition) is 5. The van der Waals surface area contributed by atoms with E-state index in [-0.39, 0.29) is 18.1 Å². The van der Waals surface area contributed by atoms with Crippen LogP contribution in [0.25, 0.3) is 10.9 Å². The van der Waals surface area contributed by atoms with Gasteiger partial charge in [0.05, 0.1) is 10.9 Å². The lowest BCUT2D eigenvalue weighted by Gasteiger charge is -2.55. The third kappa shape index (κ3) is 4.70. The van der Waals surface area contributed by atoms with Crippen LogP contribution in [0.15, 0.2) is 33.9 Å². The molecule has 204 valence electrons. The van der Waals surface area contributed by atoms with Gasteiger partial charge in [-0.25, -0.2) is 4.79 Å². The highest BCUT2D eigenvalue weighted by Crippen LogP contribution is 2.47. The first-order chi connectivity index (χ1) is 18.4. The van der Waals surface area contributed by atoms with E-state index in [4.69, 9.17) is 5.11 Å². The highest BCUT2D eigenvalue weighted by molar-refractivity contribution is 5.83. The van der Waals surface area contributed by atoms with Crippen molar-refractivity contribution in [1.82, 2.24) is 19.4 Å². The number of carbonyl (C=O) groups excluding carboxylic acids is 1. The maximum absolute atomic E-state index is 13.8. The average Bonchev–Trinajstić information content (AvgIpc) is 2.89. The summed E-state index contributed by atoms with van der Waals surface area (Å²) in [6.07, 6.45) is 13.1. The quantitative estimate of drug-likeness (QED) is 0.603. The number of hydrogen-bond donors (Lipinski definition) is 2. The summed E-state index contributed by atoms with van der Waals surface area (Å²) in [4.78, 5) is 53.7. The first-order valence-corrected chi connectivity index (χ1v) is 14.4. The fraction of sp³-hybridized carbons (Fsp3) is 0.655. The number of nitrogens with zero attached hydrogens (tertiary/aromatic N) is 3. The second-order valence-electron chi connectivity index (χ2n) is 12.1. The summed E-state index contributed by atoms with van der Waals surface area (Å²) >= 11 is 0. The molecule has 1 aromatic carbocycles. The molecule has 9 nitrogen and oxygen atoms in total. The molecule has 1 aromatic heterocycles. The lowest BCUT2D eigenvalue weighted by molar-refractivity contribution is -0.138. The Balaban J connectivity index is 1.32. The van der Waals surface area contributed by atoms with Crippen LogP contribution in [0.4, 0.5) is 0 Å². The molecule has 4 aliphatic rings. The first kappa shape index (κ1) is 25.3. The topological polar surface area (TPSA) is 114 Å². The van der Waals surface area contributed by atoms with Crippen molar-refractivity contribution in [1.29, 1.82) is 0 Å². The monoisotopic (exact) mass is 522 g/mol. The Morgan fingerprint density at radius 3 is 2.18 bits per heavy atom. The van der Waals surface area contributed by atoms with Crippen LogP contribution in [0.1, 0.15) is 76.7 Å². The number of carboxylic acids is 1. The van der Waals surface area contributed by atoms with Crippen LogP contribution < -0.4 is 16.6 Å². The number of aromatic nitrogens is 2. The SMILES string of the molecule is O=C(O)CNC(=O)Cn1c(=O)n(C2C[C@H]3CCC[C@@H](C2)N3[C@H]2C[C@@H]3CCC[C@@H](C3)C2)c(=O)c2ccccc21. The lowest BCUT2D eigenvalue weighted by Crippen LogP contribution is -2.59. The third-order valence-electron chi connectivity index (χ3n) is 9.71. The molecule has 2 aliphatic carbocycles. The van der Waals surface area contributed by atoms with Crippen molar-refractivity contribution in [3.63, 3.8) is 0 Å². The zero-order chi connectivity index (χ0) is 26.4. The minimum atomic E-state index is -1.15. The fourth-order valence-corrected chi connectivity index (χ4v) is 8.32. The van der Waals surface area contributed by atoms with Crippen molar-refractivity contribution < 1.29 is 14.7 Å². The van der Waals surface area contributed by atoms with Gasteiger partial charge in [-0.2, -0.15) is 0 Å². The number of aliphatic carboxylic acids is 1. The van der Waals surface area contributed by atoms with E-state index in [1.54, 1.807) is 24.3 Å². The molecule has 1 unspecified atom stereocenters. The molecular formula is C29H38N4O5. The van der Waals surface area contributed by atoms with E-state index in [0.717, 1.165) is 37.5 Å². The Morgan fingerprint density at radius 2 is 1.50 bits per heavy atom. The number of carbonyl (C=O) groups is 2. The molecule has 2 aliphatic heterocycles. The number of piperidine rings is 2. The number of rotatable bonds is 6. The standard InChI is InChI=1S/C29H38N4O5/c34-26(30-16-27(35)36)17-31-25-10-2-1-9-24(25)28(37)33(29(31)38)23-14-20-7-4-8-21(15-23)32(20)22-12-18-5-3-6-19(11-18)13-22/h1-2,9-10,18-23H,3-8,11-17H2,(H,30,34)(H,35,36)/t18-,19+,20-,21+,22+,23?. The van der Waals surface area contributed by atoms with Gasteiger partial charge in [0, 0.05) is 24.2 Å².